The lowest BCUT2D eigenvalue weighted by molar-refractivity contribution is 0.318. The number of nitrogens with zero attached hydrogens (tertiary/aromatic N) is 3. The molecule has 0 aliphatic heterocycles. The second-order valence-corrected chi connectivity index (χ2v) is 5.37. The normalized spacial score (nSPS) is 12.2. The first kappa shape index (κ1) is 16.3. The van der Waals surface area contributed by atoms with Gasteiger partial charge in [0, 0.05) is 18.8 Å². The van der Waals surface area contributed by atoms with E-state index in [4.69, 9.17) is 10.9 Å². The molecule has 0 saturated carbocycles. The van der Waals surface area contributed by atoms with Crippen molar-refractivity contribution in [2.45, 2.75) is 46.6 Å². The predicted molar refractivity (Wildman–Crippen MR) is 83.3 cm³/mol. The minimum Gasteiger partial charge on any atom is -0.409 e. The quantitative estimate of drug-likeness (QED) is 0.348. The molecule has 0 atom stereocenters. The lowest BCUT2D eigenvalue weighted by Gasteiger charge is -2.35. The number of pyridine rings is 1. The largest absolute Gasteiger partial charge is 0.409 e. The SMILES string of the molecule is CCC(CC)N(CC(C)C)c1cccnc1/C(N)=N/O. The molecular weight excluding hydrogens is 252 g/mol. The van der Waals surface area contributed by atoms with Gasteiger partial charge in [0.2, 0.25) is 0 Å². The average molecular weight is 278 g/mol. The van der Waals surface area contributed by atoms with Crippen molar-refractivity contribution in [2.75, 3.05) is 11.4 Å². The van der Waals surface area contributed by atoms with Crippen LogP contribution in [0.25, 0.3) is 0 Å². The fourth-order valence-corrected chi connectivity index (χ4v) is 2.44. The van der Waals surface area contributed by atoms with E-state index in [1.54, 1.807) is 6.20 Å². The Balaban J connectivity index is 3.26. The summed E-state index contributed by atoms with van der Waals surface area (Å²) >= 11 is 0. The van der Waals surface area contributed by atoms with E-state index in [9.17, 15) is 0 Å². The number of hydrogen-bond donors (Lipinski definition) is 2. The van der Waals surface area contributed by atoms with Crippen LogP contribution >= 0.6 is 0 Å². The van der Waals surface area contributed by atoms with E-state index in [1.807, 2.05) is 12.1 Å². The fourth-order valence-electron chi connectivity index (χ4n) is 2.44. The number of amidine groups is 1. The Bertz CT molecular complexity index is 441. The third kappa shape index (κ3) is 3.85. The van der Waals surface area contributed by atoms with Crippen LogP contribution in [0.15, 0.2) is 23.5 Å². The summed E-state index contributed by atoms with van der Waals surface area (Å²) < 4.78 is 0. The highest BCUT2D eigenvalue weighted by Crippen LogP contribution is 2.24. The molecule has 0 fully saturated rings. The van der Waals surface area contributed by atoms with Crippen molar-refractivity contribution >= 4 is 11.5 Å². The maximum absolute atomic E-state index is 8.93. The molecule has 0 aromatic carbocycles. The summed E-state index contributed by atoms with van der Waals surface area (Å²) in [5, 5.41) is 12.0. The first-order chi connectivity index (χ1) is 9.54. The molecule has 112 valence electrons. The lowest BCUT2D eigenvalue weighted by atomic mass is 10.1. The monoisotopic (exact) mass is 278 g/mol. The number of anilines is 1. The van der Waals surface area contributed by atoms with Gasteiger partial charge in [0.1, 0.15) is 5.69 Å². The highest BCUT2D eigenvalue weighted by molar-refractivity contribution is 6.00. The Kier molecular flexibility index (Phi) is 6.28. The van der Waals surface area contributed by atoms with E-state index in [1.165, 1.54) is 0 Å². The van der Waals surface area contributed by atoms with Crippen LogP contribution in [-0.4, -0.2) is 28.6 Å². The summed E-state index contributed by atoms with van der Waals surface area (Å²) in [5.41, 5.74) is 7.24. The molecular formula is C15H26N4O. The van der Waals surface area contributed by atoms with Gasteiger partial charge in [-0.15, -0.1) is 0 Å². The van der Waals surface area contributed by atoms with Gasteiger partial charge in [-0.25, -0.2) is 0 Å². The van der Waals surface area contributed by atoms with Crippen molar-refractivity contribution in [1.29, 1.82) is 0 Å². The van der Waals surface area contributed by atoms with E-state index >= 15 is 0 Å². The Morgan fingerprint density at radius 3 is 2.55 bits per heavy atom. The molecule has 5 nitrogen and oxygen atoms in total. The zero-order valence-corrected chi connectivity index (χ0v) is 12.9. The van der Waals surface area contributed by atoms with Crippen molar-refractivity contribution in [2.24, 2.45) is 16.8 Å². The average Bonchev–Trinajstić information content (AvgIpc) is 2.46. The third-order valence-corrected chi connectivity index (χ3v) is 3.39. The van der Waals surface area contributed by atoms with Crippen LogP contribution in [0, 0.1) is 5.92 Å². The zero-order valence-electron chi connectivity index (χ0n) is 12.9. The molecule has 0 spiro atoms. The molecule has 0 aliphatic carbocycles. The van der Waals surface area contributed by atoms with E-state index in [0.717, 1.165) is 25.1 Å². The zero-order chi connectivity index (χ0) is 15.1. The standard InChI is InChI=1S/C15H26N4O/c1-5-12(6-2)19(10-11(3)4)13-8-7-9-17-14(13)15(16)18-20/h7-9,11-12,20H,5-6,10H2,1-4H3,(H2,16,18). The summed E-state index contributed by atoms with van der Waals surface area (Å²) in [6.45, 7) is 9.66. The first-order valence-electron chi connectivity index (χ1n) is 7.24. The van der Waals surface area contributed by atoms with Crippen LogP contribution in [-0.2, 0) is 0 Å². The van der Waals surface area contributed by atoms with Gasteiger partial charge in [0.25, 0.3) is 0 Å². The topological polar surface area (TPSA) is 74.7 Å². The van der Waals surface area contributed by atoms with Crippen LogP contribution < -0.4 is 10.6 Å². The Morgan fingerprint density at radius 2 is 2.05 bits per heavy atom. The molecule has 0 unspecified atom stereocenters. The van der Waals surface area contributed by atoms with Crippen LogP contribution in [0.3, 0.4) is 0 Å². The van der Waals surface area contributed by atoms with Crippen LogP contribution in [0.5, 0.6) is 0 Å². The van der Waals surface area contributed by atoms with Gasteiger partial charge in [0.15, 0.2) is 5.84 Å². The van der Waals surface area contributed by atoms with Crippen molar-refractivity contribution in [3.8, 4) is 0 Å². The van der Waals surface area contributed by atoms with Crippen LogP contribution in [0.2, 0.25) is 0 Å². The summed E-state index contributed by atoms with van der Waals surface area (Å²) in [5.74, 6) is 0.580. The molecule has 20 heavy (non-hydrogen) atoms. The van der Waals surface area contributed by atoms with E-state index < -0.39 is 0 Å². The third-order valence-electron chi connectivity index (χ3n) is 3.39. The second-order valence-electron chi connectivity index (χ2n) is 5.37. The minimum atomic E-state index is 0.0558. The van der Waals surface area contributed by atoms with Crippen molar-refractivity contribution in [1.82, 2.24) is 4.98 Å². The first-order valence-corrected chi connectivity index (χ1v) is 7.24. The van der Waals surface area contributed by atoms with Gasteiger partial charge in [-0.05, 0) is 30.9 Å². The number of hydrogen-bond acceptors (Lipinski definition) is 4. The van der Waals surface area contributed by atoms with E-state index in [2.05, 4.69) is 42.7 Å². The van der Waals surface area contributed by atoms with Crippen molar-refractivity contribution in [3.63, 3.8) is 0 Å². The summed E-state index contributed by atoms with van der Waals surface area (Å²) in [7, 11) is 0. The Morgan fingerprint density at radius 1 is 1.40 bits per heavy atom. The van der Waals surface area contributed by atoms with Gasteiger partial charge in [-0.2, -0.15) is 0 Å². The fraction of sp³-hybridized carbons (Fsp3) is 0.600. The predicted octanol–water partition coefficient (Wildman–Crippen LogP) is 2.83. The molecule has 5 heteroatoms. The molecule has 1 heterocycles. The number of oxime groups is 1. The molecule has 0 saturated heterocycles. The highest BCUT2D eigenvalue weighted by Gasteiger charge is 2.21. The van der Waals surface area contributed by atoms with Gasteiger partial charge >= 0.3 is 0 Å². The molecule has 1 rings (SSSR count). The summed E-state index contributed by atoms with van der Waals surface area (Å²) in [6.07, 6.45) is 3.76. The Labute approximate surface area is 121 Å². The molecule has 1 aromatic heterocycles. The highest BCUT2D eigenvalue weighted by atomic mass is 16.4. The molecule has 0 amide bonds. The van der Waals surface area contributed by atoms with Crippen LogP contribution in [0.4, 0.5) is 5.69 Å². The van der Waals surface area contributed by atoms with E-state index in [0.29, 0.717) is 17.7 Å². The summed E-state index contributed by atoms with van der Waals surface area (Å²) in [6, 6.07) is 4.30. The van der Waals surface area contributed by atoms with E-state index in [-0.39, 0.29) is 5.84 Å². The number of rotatable bonds is 7. The smallest absolute Gasteiger partial charge is 0.190 e. The number of nitrogens with two attached hydrogens (primary N) is 1. The van der Waals surface area contributed by atoms with Gasteiger partial charge in [0.05, 0.1) is 5.69 Å². The lowest BCUT2D eigenvalue weighted by Crippen LogP contribution is -2.39. The van der Waals surface area contributed by atoms with Gasteiger partial charge < -0.3 is 15.8 Å². The summed E-state index contributed by atoms with van der Waals surface area (Å²) in [4.78, 5) is 6.60. The van der Waals surface area contributed by atoms with Crippen LogP contribution in [0.1, 0.15) is 46.2 Å². The molecule has 0 radical (unpaired) electrons. The van der Waals surface area contributed by atoms with Gasteiger partial charge in [-0.3, -0.25) is 4.98 Å². The minimum absolute atomic E-state index is 0.0558. The van der Waals surface area contributed by atoms with Crippen molar-refractivity contribution < 1.29 is 5.21 Å². The Hall–Kier alpha value is -1.78. The molecule has 1 aromatic rings. The number of aromatic nitrogens is 1. The molecule has 0 bridgehead atoms. The van der Waals surface area contributed by atoms with Gasteiger partial charge in [-0.1, -0.05) is 32.9 Å². The second kappa shape index (κ2) is 7.72. The maximum Gasteiger partial charge on any atom is 0.190 e. The molecule has 0 aliphatic rings. The molecule has 3 N–H and O–H groups in total. The van der Waals surface area contributed by atoms with Crippen molar-refractivity contribution in [3.05, 3.63) is 24.0 Å². The maximum atomic E-state index is 8.93.